The van der Waals surface area contributed by atoms with Crippen molar-refractivity contribution in [3.63, 3.8) is 0 Å². The standard InChI is InChI=1S/C11H16N2O3/c1-15-11(14)9-6-13-10(16-9)7-2-4-8(12)5-3-7/h6-8H,2-5,12H2,1H3. The molecule has 1 aliphatic carbocycles. The van der Waals surface area contributed by atoms with Gasteiger partial charge in [0.15, 0.2) is 5.89 Å². The molecule has 1 fully saturated rings. The molecule has 0 atom stereocenters. The van der Waals surface area contributed by atoms with Crippen LogP contribution in [0.4, 0.5) is 0 Å². The molecule has 1 saturated carbocycles. The highest BCUT2D eigenvalue weighted by Gasteiger charge is 2.25. The van der Waals surface area contributed by atoms with E-state index in [1.807, 2.05) is 0 Å². The lowest BCUT2D eigenvalue weighted by Gasteiger charge is -2.23. The summed E-state index contributed by atoms with van der Waals surface area (Å²) < 4.78 is 9.95. The molecule has 0 radical (unpaired) electrons. The van der Waals surface area contributed by atoms with Gasteiger partial charge < -0.3 is 14.9 Å². The Morgan fingerprint density at radius 3 is 2.81 bits per heavy atom. The van der Waals surface area contributed by atoms with E-state index < -0.39 is 5.97 Å². The number of rotatable bonds is 2. The van der Waals surface area contributed by atoms with E-state index in [0.717, 1.165) is 25.7 Å². The summed E-state index contributed by atoms with van der Waals surface area (Å²) in [6.45, 7) is 0. The van der Waals surface area contributed by atoms with Gasteiger partial charge in [0.25, 0.3) is 0 Å². The number of nitrogens with zero attached hydrogens (tertiary/aromatic N) is 1. The molecular weight excluding hydrogens is 208 g/mol. The summed E-state index contributed by atoms with van der Waals surface area (Å²) in [5.74, 6) is 0.615. The minimum Gasteiger partial charge on any atom is -0.463 e. The zero-order chi connectivity index (χ0) is 11.5. The SMILES string of the molecule is COC(=O)c1cnc(C2CCC(N)CC2)o1. The van der Waals surface area contributed by atoms with Crippen LogP contribution in [0.1, 0.15) is 48.0 Å². The van der Waals surface area contributed by atoms with Gasteiger partial charge in [0.2, 0.25) is 5.76 Å². The number of ether oxygens (including phenoxy) is 1. The molecular formula is C11H16N2O3. The third-order valence-electron chi connectivity index (χ3n) is 3.03. The third-order valence-corrected chi connectivity index (χ3v) is 3.03. The number of methoxy groups -OCH3 is 1. The summed E-state index contributed by atoms with van der Waals surface area (Å²) in [4.78, 5) is 15.3. The average molecular weight is 224 g/mol. The molecule has 0 saturated heterocycles. The second kappa shape index (κ2) is 4.65. The fourth-order valence-corrected chi connectivity index (χ4v) is 2.04. The van der Waals surface area contributed by atoms with Gasteiger partial charge in [-0.2, -0.15) is 0 Å². The van der Waals surface area contributed by atoms with Gasteiger partial charge in [-0.15, -0.1) is 0 Å². The molecule has 0 unspecified atom stereocenters. The predicted octanol–water partition coefficient (Wildman–Crippen LogP) is 1.45. The quantitative estimate of drug-likeness (QED) is 0.769. The van der Waals surface area contributed by atoms with Crippen LogP contribution in [0.5, 0.6) is 0 Å². The van der Waals surface area contributed by atoms with Crippen molar-refractivity contribution in [2.24, 2.45) is 5.73 Å². The summed E-state index contributed by atoms with van der Waals surface area (Å²) in [5.41, 5.74) is 5.82. The predicted molar refractivity (Wildman–Crippen MR) is 57.0 cm³/mol. The van der Waals surface area contributed by atoms with Crippen LogP contribution in [0.25, 0.3) is 0 Å². The van der Waals surface area contributed by atoms with Crippen molar-refractivity contribution >= 4 is 5.97 Å². The number of aromatic nitrogens is 1. The molecule has 5 heteroatoms. The first-order valence-corrected chi connectivity index (χ1v) is 5.50. The van der Waals surface area contributed by atoms with Gasteiger partial charge in [0, 0.05) is 12.0 Å². The van der Waals surface area contributed by atoms with E-state index in [4.69, 9.17) is 10.2 Å². The second-order valence-electron chi connectivity index (χ2n) is 4.17. The topological polar surface area (TPSA) is 78.3 Å². The van der Waals surface area contributed by atoms with Crippen LogP contribution >= 0.6 is 0 Å². The van der Waals surface area contributed by atoms with Crippen molar-refractivity contribution in [2.45, 2.75) is 37.6 Å². The van der Waals surface area contributed by atoms with Gasteiger partial charge in [-0.3, -0.25) is 0 Å². The number of carbonyl (C=O) groups is 1. The molecule has 0 amide bonds. The lowest BCUT2D eigenvalue weighted by molar-refractivity contribution is 0.0561. The van der Waals surface area contributed by atoms with Crippen molar-refractivity contribution in [1.82, 2.24) is 4.98 Å². The van der Waals surface area contributed by atoms with Crippen LogP contribution in [0.15, 0.2) is 10.6 Å². The molecule has 1 heterocycles. The smallest absolute Gasteiger partial charge is 0.375 e. The summed E-state index contributed by atoms with van der Waals surface area (Å²) in [5, 5.41) is 0. The lowest BCUT2D eigenvalue weighted by atomic mass is 9.86. The minimum absolute atomic E-state index is 0.173. The van der Waals surface area contributed by atoms with Crippen LogP contribution in [0.3, 0.4) is 0 Å². The molecule has 1 aromatic heterocycles. The van der Waals surface area contributed by atoms with E-state index in [0.29, 0.717) is 17.9 Å². The Labute approximate surface area is 94.0 Å². The van der Waals surface area contributed by atoms with E-state index in [1.54, 1.807) is 0 Å². The number of carbonyl (C=O) groups excluding carboxylic acids is 1. The van der Waals surface area contributed by atoms with Crippen molar-refractivity contribution in [3.8, 4) is 0 Å². The van der Waals surface area contributed by atoms with Crippen LogP contribution in [-0.4, -0.2) is 24.1 Å². The van der Waals surface area contributed by atoms with Gasteiger partial charge in [0.1, 0.15) is 0 Å². The van der Waals surface area contributed by atoms with Gasteiger partial charge in [-0.1, -0.05) is 0 Å². The molecule has 0 aliphatic heterocycles. The number of nitrogens with two attached hydrogens (primary N) is 1. The van der Waals surface area contributed by atoms with E-state index >= 15 is 0 Å². The van der Waals surface area contributed by atoms with E-state index in [1.165, 1.54) is 13.3 Å². The molecule has 0 aromatic carbocycles. The maximum absolute atomic E-state index is 11.2. The Hall–Kier alpha value is -1.36. The minimum atomic E-state index is -0.480. The summed E-state index contributed by atoms with van der Waals surface area (Å²) in [6.07, 6.45) is 5.35. The Kier molecular flexibility index (Phi) is 3.24. The van der Waals surface area contributed by atoms with Gasteiger partial charge >= 0.3 is 5.97 Å². The molecule has 2 N–H and O–H groups in total. The fraction of sp³-hybridized carbons (Fsp3) is 0.636. The van der Waals surface area contributed by atoms with E-state index in [-0.39, 0.29) is 5.76 Å². The number of esters is 1. The maximum Gasteiger partial charge on any atom is 0.375 e. The Morgan fingerprint density at radius 1 is 1.50 bits per heavy atom. The van der Waals surface area contributed by atoms with Crippen molar-refractivity contribution in [3.05, 3.63) is 17.8 Å². The molecule has 0 spiro atoms. The van der Waals surface area contributed by atoms with E-state index in [2.05, 4.69) is 9.72 Å². The Balaban J connectivity index is 2.04. The first-order chi connectivity index (χ1) is 7.70. The summed E-state index contributed by atoms with van der Waals surface area (Å²) >= 11 is 0. The molecule has 16 heavy (non-hydrogen) atoms. The van der Waals surface area contributed by atoms with Crippen molar-refractivity contribution in [1.29, 1.82) is 0 Å². The highest BCUT2D eigenvalue weighted by molar-refractivity contribution is 5.85. The zero-order valence-corrected chi connectivity index (χ0v) is 9.31. The zero-order valence-electron chi connectivity index (χ0n) is 9.31. The van der Waals surface area contributed by atoms with Gasteiger partial charge in [0.05, 0.1) is 13.3 Å². The van der Waals surface area contributed by atoms with Crippen LogP contribution in [-0.2, 0) is 4.74 Å². The largest absolute Gasteiger partial charge is 0.463 e. The maximum atomic E-state index is 11.2. The number of oxazole rings is 1. The van der Waals surface area contributed by atoms with Gasteiger partial charge in [-0.25, -0.2) is 9.78 Å². The van der Waals surface area contributed by atoms with Crippen LogP contribution in [0.2, 0.25) is 0 Å². The molecule has 1 aliphatic rings. The first kappa shape index (κ1) is 11.1. The Morgan fingerprint density at radius 2 is 2.19 bits per heavy atom. The van der Waals surface area contributed by atoms with Crippen LogP contribution < -0.4 is 5.73 Å². The molecule has 5 nitrogen and oxygen atoms in total. The fourth-order valence-electron chi connectivity index (χ4n) is 2.04. The highest BCUT2D eigenvalue weighted by atomic mass is 16.5. The van der Waals surface area contributed by atoms with Crippen LogP contribution in [0, 0.1) is 0 Å². The van der Waals surface area contributed by atoms with Crippen molar-refractivity contribution in [2.75, 3.05) is 7.11 Å². The molecule has 88 valence electrons. The second-order valence-corrected chi connectivity index (χ2v) is 4.17. The summed E-state index contributed by atoms with van der Waals surface area (Å²) in [6, 6.07) is 0.297. The Bertz CT molecular complexity index is 367. The van der Waals surface area contributed by atoms with E-state index in [9.17, 15) is 4.79 Å². The number of hydrogen-bond donors (Lipinski definition) is 1. The highest BCUT2D eigenvalue weighted by Crippen LogP contribution is 2.31. The molecule has 1 aromatic rings. The van der Waals surface area contributed by atoms with Gasteiger partial charge in [-0.05, 0) is 25.7 Å². The van der Waals surface area contributed by atoms with Crippen molar-refractivity contribution < 1.29 is 13.9 Å². The lowest BCUT2D eigenvalue weighted by Crippen LogP contribution is -2.25. The monoisotopic (exact) mass is 224 g/mol. The average Bonchev–Trinajstić information content (AvgIpc) is 2.78. The normalized spacial score (nSPS) is 25.4. The molecule has 2 rings (SSSR count). The molecule has 0 bridgehead atoms. The number of hydrogen-bond acceptors (Lipinski definition) is 5. The first-order valence-electron chi connectivity index (χ1n) is 5.50. The third kappa shape index (κ3) is 2.24. The summed E-state index contributed by atoms with van der Waals surface area (Å²) in [7, 11) is 1.32.